The van der Waals surface area contributed by atoms with Crippen molar-refractivity contribution in [1.82, 2.24) is 0 Å². The van der Waals surface area contributed by atoms with Crippen LogP contribution in [0.5, 0.6) is 5.75 Å². The molecule has 0 aliphatic rings. The molecule has 0 bridgehead atoms. The summed E-state index contributed by atoms with van der Waals surface area (Å²) in [7, 11) is 0. The number of aryl methyl sites for hydroxylation is 1. The number of non-ortho nitro benzene ring substituents is 1. The molecule has 3 aromatic carbocycles. The minimum atomic E-state index is -0.500. The Labute approximate surface area is 179 Å². The number of rotatable bonds is 7. The highest BCUT2D eigenvalue weighted by Gasteiger charge is 2.09. The fourth-order valence-corrected chi connectivity index (χ4v) is 2.78. The highest BCUT2D eigenvalue weighted by Crippen LogP contribution is 2.23. The number of allylic oxidation sites excluding steroid dienone is 1. The van der Waals surface area contributed by atoms with Crippen LogP contribution >= 0.6 is 0 Å². The molecule has 31 heavy (non-hydrogen) atoms. The molecule has 7 nitrogen and oxygen atoms in total. The topological polar surface area (TPSA) is 105 Å². The van der Waals surface area contributed by atoms with E-state index in [1.165, 1.54) is 18.2 Å². The largest absolute Gasteiger partial charge is 0.484 e. The van der Waals surface area contributed by atoms with E-state index in [1.54, 1.807) is 36.4 Å². The Kier molecular flexibility index (Phi) is 6.76. The van der Waals surface area contributed by atoms with E-state index in [0.717, 1.165) is 11.1 Å². The Morgan fingerprint density at radius 1 is 1.13 bits per heavy atom. The number of nitro benzene ring substituents is 1. The second-order valence-corrected chi connectivity index (χ2v) is 6.75. The first-order valence-corrected chi connectivity index (χ1v) is 9.40. The van der Waals surface area contributed by atoms with E-state index in [4.69, 9.17) is 4.74 Å². The van der Waals surface area contributed by atoms with Gasteiger partial charge < -0.3 is 10.1 Å². The monoisotopic (exact) mass is 413 g/mol. The van der Waals surface area contributed by atoms with Crippen molar-refractivity contribution in [3.63, 3.8) is 0 Å². The Bertz CT molecular complexity index is 1160. The van der Waals surface area contributed by atoms with Crippen LogP contribution in [0.2, 0.25) is 0 Å². The normalized spacial score (nSPS) is 10.8. The van der Waals surface area contributed by atoms with Gasteiger partial charge in [0.2, 0.25) is 0 Å². The maximum atomic E-state index is 12.0. The standard InChI is InChI=1S/C24H19N3O4/c1-17-5-9-21(10-6-17)26-24(28)16-31-23-11-7-18(8-12-23)13-20(15-25)19-3-2-4-22(14-19)27(29)30/h2-14H,16H2,1H3,(H,26,28)/b20-13-. The van der Waals surface area contributed by atoms with Gasteiger partial charge in [0.15, 0.2) is 6.61 Å². The van der Waals surface area contributed by atoms with Crippen LogP contribution in [0.4, 0.5) is 11.4 Å². The third-order valence-corrected chi connectivity index (χ3v) is 4.38. The molecule has 1 N–H and O–H groups in total. The number of ether oxygens (including phenoxy) is 1. The molecule has 0 saturated heterocycles. The van der Waals surface area contributed by atoms with E-state index >= 15 is 0 Å². The maximum Gasteiger partial charge on any atom is 0.270 e. The summed E-state index contributed by atoms with van der Waals surface area (Å²) >= 11 is 0. The lowest BCUT2D eigenvalue weighted by Crippen LogP contribution is -2.20. The Morgan fingerprint density at radius 3 is 2.48 bits per heavy atom. The van der Waals surface area contributed by atoms with Gasteiger partial charge in [-0.05, 0) is 48.4 Å². The summed E-state index contributed by atoms with van der Waals surface area (Å²) < 4.78 is 5.50. The molecule has 0 fully saturated rings. The number of carbonyl (C=O) groups excluding carboxylic acids is 1. The van der Waals surface area contributed by atoms with E-state index in [1.807, 2.05) is 31.2 Å². The van der Waals surface area contributed by atoms with Gasteiger partial charge in [0.25, 0.3) is 11.6 Å². The third-order valence-electron chi connectivity index (χ3n) is 4.38. The predicted molar refractivity (Wildman–Crippen MR) is 118 cm³/mol. The molecule has 3 aromatic rings. The fraction of sp³-hybridized carbons (Fsp3) is 0.0833. The van der Waals surface area contributed by atoms with Crippen molar-refractivity contribution in [3.05, 3.63) is 99.6 Å². The summed E-state index contributed by atoms with van der Waals surface area (Å²) in [4.78, 5) is 22.5. The lowest BCUT2D eigenvalue weighted by Gasteiger charge is -2.08. The lowest BCUT2D eigenvalue weighted by molar-refractivity contribution is -0.384. The zero-order chi connectivity index (χ0) is 22.2. The van der Waals surface area contributed by atoms with E-state index in [0.29, 0.717) is 22.6 Å². The van der Waals surface area contributed by atoms with Gasteiger partial charge in [-0.1, -0.05) is 42.0 Å². The zero-order valence-electron chi connectivity index (χ0n) is 16.7. The molecular formula is C24H19N3O4. The molecule has 0 heterocycles. The van der Waals surface area contributed by atoms with Gasteiger partial charge in [0.05, 0.1) is 16.6 Å². The summed E-state index contributed by atoms with van der Waals surface area (Å²) in [5.41, 5.74) is 3.21. The van der Waals surface area contributed by atoms with Gasteiger partial charge in [-0.25, -0.2) is 0 Å². The van der Waals surface area contributed by atoms with Crippen LogP contribution < -0.4 is 10.1 Å². The number of hydrogen-bond acceptors (Lipinski definition) is 5. The number of hydrogen-bond donors (Lipinski definition) is 1. The van der Waals surface area contributed by atoms with E-state index in [-0.39, 0.29) is 18.2 Å². The number of nitrogens with zero attached hydrogens (tertiary/aromatic N) is 2. The van der Waals surface area contributed by atoms with E-state index < -0.39 is 4.92 Å². The molecule has 7 heteroatoms. The van der Waals surface area contributed by atoms with Crippen LogP contribution in [0.15, 0.2) is 72.8 Å². The third kappa shape index (κ3) is 6.02. The highest BCUT2D eigenvalue weighted by atomic mass is 16.6. The summed E-state index contributed by atoms with van der Waals surface area (Å²) in [6.07, 6.45) is 1.63. The Morgan fingerprint density at radius 2 is 1.84 bits per heavy atom. The molecule has 0 saturated carbocycles. The SMILES string of the molecule is Cc1ccc(NC(=O)COc2ccc(/C=C(/C#N)c3cccc([N+](=O)[O-])c3)cc2)cc1. The summed E-state index contributed by atoms with van der Waals surface area (Å²) in [5.74, 6) is 0.232. The number of anilines is 1. The summed E-state index contributed by atoms with van der Waals surface area (Å²) in [5, 5.41) is 23.2. The first-order valence-electron chi connectivity index (χ1n) is 9.40. The number of carbonyl (C=O) groups is 1. The molecule has 0 radical (unpaired) electrons. The average Bonchev–Trinajstić information content (AvgIpc) is 2.78. The molecule has 0 unspecified atom stereocenters. The van der Waals surface area contributed by atoms with Gasteiger partial charge in [0, 0.05) is 17.8 Å². The number of benzene rings is 3. The first kappa shape index (κ1) is 21.3. The van der Waals surface area contributed by atoms with Gasteiger partial charge in [-0.3, -0.25) is 14.9 Å². The van der Waals surface area contributed by atoms with Crippen LogP contribution in [-0.2, 0) is 4.79 Å². The Hall–Kier alpha value is -4.44. The molecule has 0 aliphatic carbocycles. The molecule has 154 valence electrons. The fourth-order valence-electron chi connectivity index (χ4n) is 2.78. The second-order valence-electron chi connectivity index (χ2n) is 6.75. The predicted octanol–water partition coefficient (Wildman–Crippen LogP) is 4.98. The zero-order valence-corrected chi connectivity index (χ0v) is 16.7. The number of amides is 1. The van der Waals surface area contributed by atoms with Gasteiger partial charge >= 0.3 is 0 Å². The van der Waals surface area contributed by atoms with E-state index in [9.17, 15) is 20.2 Å². The molecule has 0 atom stereocenters. The smallest absolute Gasteiger partial charge is 0.270 e. The van der Waals surface area contributed by atoms with E-state index in [2.05, 4.69) is 11.4 Å². The van der Waals surface area contributed by atoms with Crippen molar-refractivity contribution in [2.45, 2.75) is 6.92 Å². The van der Waals surface area contributed by atoms with Crippen molar-refractivity contribution in [2.75, 3.05) is 11.9 Å². The van der Waals surface area contributed by atoms with Crippen molar-refractivity contribution < 1.29 is 14.5 Å². The maximum absolute atomic E-state index is 12.0. The molecule has 0 spiro atoms. The lowest BCUT2D eigenvalue weighted by atomic mass is 10.0. The molecular weight excluding hydrogens is 394 g/mol. The minimum absolute atomic E-state index is 0.0775. The van der Waals surface area contributed by atoms with Crippen LogP contribution in [0.25, 0.3) is 11.6 Å². The average molecular weight is 413 g/mol. The van der Waals surface area contributed by atoms with Crippen molar-refractivity contribution in [2.24, 2.45) is 0 Å². The van der Waals surface area contributed by atoms with Crippen LogP contribution in [0, 0.1) is 28.4 Å². The molecule has 1 amide bonds. The Balaban J connectivity index is 1.63. The van der Waals surface area contributed by atoms with Gasteiger partial charge in [-0.15, -0.1) is 0 Å². The number of nitrogens with one attached hydrogen (secondary N) is 1. The quantitative estimate of drug-likeness (QED) is 0.254. The first-order chi connectivity index (χ1) is 14.9. The molecule has 0 aromatic heterocycles. The number of nitriles is 1. The second kappa shape index (κ2) is 9.85. The van der Waals surface area contributed by atoms with Crippen molar-refractivity contribution in [1.29, 1.82) is 5.26 Å². The van der Waals surface area contributed by atoms with Gasteiger partial charge in [-0.2, -0.15) is 5.26 Å². The van der Waals surface area contributed by atoms with Crippen molar-refractivity contribution >= 4 is 28.9 Å². The van der Waals surface area contributed by atoms with Crippen LogP contribution in [0.3, 0.4) is 0 Å². The van der Waals surface area contributed by atoms with Crippen LogP contribution in [-0.4, -0.2) is 17.4 Å². The highest BCUT2D eigenvalue weighted by molar-refractivity contribution is 5.92. The summed E-state index contributed by atoms with van der Waals surface area (Å²) in [6, 6.07) is 22.3. The minimum Gasteiger partial charge on any atom is -0.484 e. The van der Waals surface area contributed by atoms with Gasteiger partial charge in [0.1, 0.15) is 5.75 Å². The molecule has 0 aliphatic heterocycles. The molecule has 3 rings (SSSR count). The van der Waals surface area contributed by atoms with Crippen LogP contribution in [0.1, 0.15) is 16.7 Å². The van der Waals surface area contributed by atoms with Crippen molar-refractivity contribution in [3.8, 4) is 11.8 Å². The number of nitro groups is 1. The summed E-state index contributed by atoms with van der Waals surface area (Å²) in [6.45, 7) is 1.83.